The van der Waals surface area contributed by atoms with E-state index >= 15 is 0 Å². The van der Waals surface area contributed by atoms with E-state index in [0.29, 0.717) is 17.8 Å². The van der Waals surface area contributed by atoms with Gasteiger partial charge in [-0.1, -0.05) is 38.8 Å². The number of hydrogen-bond acceptors (Lipinski definition) is 2. The number of esters is 1. The van der Waals surface area contributed by atoms with Gasteiger partial charge in [0.05, 0.1) is 5.41 Å². The second-order valence-corrected chi connectivity index (χ2v) is 10.4. The highest BCUT2D eigenvalue weighted by atomic mass is 16.5. The molecule has 3 aliphatic rings. The number of ether oxygens (including phenoxy) is 1. The number of carbonyl (C=O) groups is 1. The fourth-order valence-electron chi connectivity index (χ4n) is 5.77. The average molecular weight is 347 g/mol. The summed E-state index contributed by atoms with van der Waals surface area (Å²) in [5, 5.41) is 0. The van der Waals surface area contributed by atoms with Crippen LogP contribution in [0.25, 0.3) is 0 Å². The molecule has 0 saturated heterocycles. The van der Waals surface area contributed by atoms with Crippen LogP contribution in [0.5, 0.6) is 0 Å². The summed E-state index contributed by atoms with van der Waals surface area (Å²) in [6, 6.07) is 0. The highest BCUT2D eigenvalue weighted by Gasteiger charge is 2.46. The average Bonchev–Trinajstić information content (AvgIpc) is 2.52. The molecule has 6 atom stereocenters. The van der Waals surface area contributed by atoms with Gasteiger partial charge >= 0.3 is 5.97 Å². The first kappa shape index (κ1) is 19.0. The Morgan fingerprint density at radius 1 is 1.12 bits per heavy atom. The molecule has 4 bridgehead atoms. The SMILES string of the molecule is CC(C)[C@H]1CC[C@@H](C)[C@@H]2CCC=C3C1CC(OC(=O)C(C)(C)C)C[C@@H]32. The lowest BCUT2D eigenvalue weighted by molar-refractivity contribution is -0.162. The molecule has 0 aliphatic heterocycles. The Morgan fingerprint density at radius 2 is 1.80 bits per heavy atom. The Bertz CT molecular complexity index is 525. The van der Waals surface area contributed by atoms with Gasteiger partial charge in [-0.2, -0.15) is 0 Å². The topological polar surface area (TPSA) is 26.3 Å². The van der Waals surface area contributed by atoms with Gasteiger partial charge in [0.15, 0.2) is 0 Å². The molecule has 0 spiro atoms. The molecule has 0 aromatic heterocycles. The zero-order valence-electron chi connectivity index (χ0n) is 17.2. The molecule has 2 fully saturated rings. The highest BCUT2D eigenvalue weighted by Crippen LogP contribution is 2.53. The van der Waals surface area contributed by atoms with Crippen LogP contribution >= 0.6 is 0 Å². The molecule has 25 heavy (non-hydrogen) atoms. The van der Waals surface area contributed by atoms with Gasteiger partial charge in [-0.05, 0) is 88.4 Å². The Hall–Kier alpha value is -0.790. The molecule has 0 aromatic rings. The second-order valence-electron chi connectivity index (χ2n) is 10.4. The molecule has 0 aromatic carbocycles. The van der Waals surface area contributed by atoms with Crippen LogP contribution in [0.2, 0.25) is 0 Å². The van der Waals surface area contributed by atoms with Gasteiger partial charge < -0.3 is 4.74 Å². The zero-order chi connectivity index (χ0) is 18.4. The molecule has 0 radical (unpaired) electrons. The Balaban J connectivity index is 1.88. The number of carbonyl (C=O) groups excluding carboxylic acids is 1. The van der Waals surface area contributed by atoms with E-state index in [1.54, 1.807) is 5.57 Å². The molecular formula is C23H38O2. The van der Waals surface area contributed by atoms with Crippen LogP contribution in [-0.2, 0) is 9.53 Å². The normalized spacial score (nSPS) is 38.6. The lowest BCUT2D eigenvalue weighted by atomic mass is 9.56. The van der Waals surface area contributed by atoms with Gasteiger partial charge in [0.2, 0.25) is 0 Å². The quantitative estimate of drug-likeness (QED) is 0.452. The largest absolute Gasteiger partial charge is 0.462 e. The standard InChI is InChI=1S/C23H38O2/c1-14(2)17-11-10-15(3)18-8-7-9-19-20(17)12-16(13-21(18)19)25-22(24)23(4,5)6/h9,14-18,20-21H,7-8,10-13H2,1-6H3/t15-,16?,17-,18+,20?,21-/m1/s1. The van der Waals surface area contributed by atoms with Gasteiger partial charge in [-0.25, -0.2) is 0 Å². The van der Waals surface area contributed by atoms with Crippen LogP contribution in [0.1, 0.15) is 80.1 Å². The summed E-state index contributed by atoms with van der Waals surface area (Å²) in [5.74, 6) is 4.30. The number of rotatable bonds is 2. The van der Waals surface area contributed by atoms with Gasteiger partial charge in [0, 0.05) is 0 Å². The zero-order valence-corrected chi connectivity index (χ0v) is 17.2. The lowest BCUT2D eigenvalue weighted by Crippen LogP contribution is -2.44. The minimum Gasteiger partial charge on any atom is -0.462 e. The Kier molecular flexibility index (Phi) is 5.38. The maximum atomic E-state index is 12.5. The summed E-state index contributed by atoms with van der Waals surface area (Å²) in [7, 11) is 0. The summed E-state index contributed by atoms with van der Waals surface area (Å²) < 4.78 is 6.05. The summed E-state index contributed by atoms with van der Waals surface area (Å²) in [6.45, 7) is 13.1. The fraction of sp³-hybridized carbons (Fsp3) is 0.870. The predicted molar refractivity (Wildman–Crippen MR) is 103 cm³/mol. The maximum Gasteiger partial charge on any atom is 0.311 e. The van der Waals surface area contributed by atoms with Crippen LogP contribution in [0.15, 0.2) is 11.6 Å². The minimum atomic E-state index is -0.403. The van der Waals surface area contributed by atoms with E-state index in [9.17, 15) is 4.79 Å². The lowest BCUT2D eigenvalue weighted by Gasteiger charge is -2.50. The van der Waals surface area contributed by atoms with Crippen LogP contribution in [0.3, 0.4) is 0 Å². The molecule has 2 nitrogen and oxygen atoms in total. The molecule has 2 heteroatoms. The van der Waals surface area contributed by atoms with Crippen molar-refractivity contribution >= 4 is 5.97 Å². The van der Waals surface area contributed by atoms with Crippen LogP contribution < -0.4 is 0 Å². The molecule has 0 heterocycles. The molecule has 0 amide bonds. The number of allylic oxidation sites excluding steroid dienone is 2. The van der Waals surface area contributed by atoms with Crippen LogP contribution in [0.4, 0.5) is 0 Å². The van der Waals surface area contributed by atoms with Gasteiger partial charge in [0.1, 0.15) is 6.10 Å². The summed E-state index contributed by atoms with van der Waals surface area (Å²) in [4.78, 5) is 12.5. The molecule has 0 N–H and O–H groups in total. The van der Waals surface area contributed by atoms with Gasteiger partial charge in [0.25, 0.3) is 0 Å². The molecule has 3 rings (SSSR count). The predicted octanol–water partition coefficient (Wildman–Crippen LogP) is 6.01. The van der Waals surface area contributed by atoms with E-state index in [-0.39, 0.29) is 12.1 Å². The second kappa shape index (κ2) is 7.08. The van der Waals surface area contributed by atoms with Crippen molar-refractivity contribution in [1.82, 2.24) is 0 Å². The summed E-state index contributed by atoms with van der Waals surface area (Å²) >= 11 is 0. The fourth-order valence-corrected chi connectivity index (χ4v) is 5.77. The summed E-state index contributed by atoms with van der Waals surface area (Å²) in [5.41, 5.74) is 1.34. The third-order valence-corrected chi connectivity index (χ3v) is 7.23. The minimum absolute atomic E-state index is 0.0257. The van der Waals surface area contributed by atoms with Crippen molar-refractivity contribution in [2.75, 3.05) is 0 Å². The Labute approximate surface area is 154 Å². The first-order chi connectivity index (χ1) is 11.7. The van der Waals surface area contributed by atoms with Crippen molar-refractivity contribution in [1.29, 1.82) is 0 Å². The van der Waals surface area contributed by atoms with Gasteiger partial charge in [-0.15, -0.1) is 0 Å². The third kappa shape index (κ3) is 3.83. The monoisotopic (exact) mass is 346 g/mol. The van der Waals surface area contributed by atoms with Crippen molar-refractivity contribution in [3.05, 3.63) is 11.6 Å². The van der Waals surface area contributed by atoms with E-state index in [1.165, 1.54) is 25.7 Å². The number of hydrogen-bond donors (Lipinski definition) is 0. The van der Waals surface area contributed by atoms with E-state index < -0.39 is 5.41 Å². The highest BCUT2D eigenvalue weighted by molar-refractivity contribution is 5.75. The van der Waals surface area contributed by atoms with Crippen LogP contribution in [0, 0.1) is 40.9 Å². The molecule has 2 saturated carbocycles. The molecule has 3 aliphatic carbocycles. The molecular weight excluding hydrogens is 308 g/mol. The molecule has 2 unspecified atom stereocenters. The smallest absolute Gasteiger partial charge is 0.311 e. The van der Waals surface area contributed by atoms with E-state index in [2.05, 4.69) is 26.8 Å². The first-order valence-electron chi connectivity index (χ1n) is 10.6. The maximum absolute atomic E-state index is 12.5. The van der Waals surface area contributed by atoms with E-state index in [1.807, 2.05) is 20.8 Å². The summed E-state index contributed by atoms with van der Waals surface area (Å²) in [6.07, 6.45) is 10.1. The Morgan fingerprint density at radius 3 is 2.44 bits per heavy atom. The van der Waals surface area contributed by atoms with E-state index in [4.69, 9.17) is 4.74 Å². The van der Waals surface area contributed by atoms with Crippen molar-refractivity contribution in [2.24, 2.45) is 40.9 Å². The van der Waals surface area contributed by atoms with Crippen molar-refractivity contribution in [3.63, 3.8) is 0 Å². The van der Waals surface area contributed by atoms with Crippen molar-refractivity contribution < 1.29 is 9.53 Å². The van der Waals surface area contributed by atoms with Crippen LogP contribution in [-0.4, -0.2) is 12.1 Å². The third-order valence-electron chi connectivity index (χ3n) is 7.23. The molecule has 142 valence electrons. The van der Waals surface area contributed by atoms with Gasteiger partial charge in [-0.3, -0.25) is 4.79 Å². The van der Waals surface area contributed by atoms with E-state index in [0.717, 1.165) is 30.6 Å². The van der Waals surface area contributed by atoms with Crippen molar-refractivity contribution in [3.8, 4) is 0 Å². The first-order valence-corrected chi connectivity index (χ1v) is 10.6. The van der Waals surface area contributed by atoms with Crippen molar-refractivity contribution in [2.45, 2.75) is 86.2 Å².